The van der Waals surface area contributed by atoms with Crippen LogP contribution in [0.15, 0.2) is 41.2 Å². The van der Waals surface area contributed by atoms with E-state index in [9.17, 15) is 39.9 Å². The third kappa shape index (κ3) is 3.91. The van der Waals surface area contributed by atoms with Crippen LogP contribution in [0.5, 0.6) is 5.75 Å². The monoisotopic (exact) mass is 563 g/mol. The number of fused-ring (bicyclic) bond motifs is 4. The number of carbonyl (C=O) groups excluding carboxylic acids is 3. The smallest absolute Gasteiger partial charge is 0.255 e. The number of nitrogens with zero attached hydrogens (tertiary/aromatic N) is 2. The zero-order chi connectivity index (χ0) is 29.5. The molecule has 2 fully saturated rings. The predicted molar refractivity (Wildman–Crippen MR) is 148 cm³/mol. The molecule has 11 nitrogen and oxygen atoms in total. The number of aliphatic hydroxyl groups is 4. The van der Waals surface area contributed by atoms with Crippen molar-refractivity contribution in [1.29, 1.82) is 0 Å². The summed E-state index contributed by atoms with van der Waals surface area (Å²) in [7, 11) is 3.13. The molecular formula is C30H33N3O8. The maximum absolute atomic E-state index is 14.0. The summed E-state index contributed by atoms with van der Waals surface area (Å²) in [6.45, 7) is 1.90. The molecule has 1 amide bonds. The number of likely N-dealkylation sites (N-methyl/N-ethyl adjacent to an activating group) is 1. The maximum Gasteiger partial charge on any atom is 0.255 e. The Kier molecular flexibility index (Phi) is 6.27. The Morgan fingerprint density at radius 2 is 1.90 bits per heavy atom. The Labute approximate surface area is 235 Å². The molecule has 0 unspecified atom stereocenters. The molecular weight excluding hydrogens is 530 g/mol. The van der Waals surface area contributed by atoms with E-state index < -0.39 is 58.0 Å². The van der Waals surface area contributed by atoms with Crippen molar-refractivity contribution < 1.29 is 39.9 Å². The summed E-state index contributed by atoms with van der Waals surface area (Å²) in [5.74, 6) is -6.62. The highest BCUT2D eigenvalue weighted by atomic mass is 16.3. The third-order valence-electron chi connectivity index (χ3n) is 9.24. The average molecular weight is 564 g/mol. The van der Waals surface area contributed by atoms with Gasteiger partial charge in [-0.2, -0.15) is 0 Å². The Bertz CT molecular complexity index is 1590. The van der Waals surface area contributed by atoms with Gasteiger partial charge in [-0.15, -0.1) is 0 Å². The molecule has 4 aliphatic rings. The van der Waals surface area contributed by atoms with Crippen LogP contribution in [-0.4, -0.2) is 97.7 Å². The average Bonchev–Trinajstić information content (AvgIpc) is 3.30. The molecule has 5 atom stereocenters. The minimum absolute atomic E-state index is 0.0468. The quantitative estimate of drug-likeness (QED) is 0.289. The highest BCUT2D eigenvalue weighted by Gasteiger charge is 2.64. The first-order valence-electron chi connectivity index (χ1n) is 13.7. The number of amides is 1. The van der Waals surface area contributed by atoms with E-state index in [-0.39, 0.29) is 35.8 Å². The molecule has 1 saturated carbocycles. The summed E-state index contributed by atoms with van der Waals surface area (Å²) in [5, 5.41) is 56.6. The number of carbonyl (C=O) groups is 3. The summed E-state index contributed by atoms with van der Waals surface area (Å²) < 4.78 is 0. The number of ketones is 2. The number of β-amino-alcohol motifs (C(OH)–C–C–N with tert-alkyl or cyclic N) is 1. The van der Waals surface area contributed by atoms with Crippen molar-refractivity contribution in [3.8, 4) is 5.75 Å². The van der Waals surface area contributed by atoms with Crippen LogP contribution in [0.4, 0.5) is 0 Å². The molecule has 41 heavy (non-hydrogen) atoms. The van der Waals surface area contributed by atoms with E-state index >= 15 is 0 Å². The predicted octanol–water partition coefficient (Wildman–Crippen LogP) is 0.684. The lowest BCUT2D eigenvalue weighted by Crippen LogP contribution is -2.65. The maximum atomic E-state index is 14.0. The fourth-order valence-electron chi connectivity index (χ4n) is 7.37. The molecule has 11 heteroatoms. The van der Waals surface area contributed by atoms with E-state index in [2.05, 4.69) is 4.90 Å². The second-order valence-corrected chi connectivity index (χ2v) is 12.0. The number of benzene rings is 2. The Hall–Kier alpha value is -3.77. The topological polar surface area (TPSA) is 185 Å². The van der Waals surface area contributed by atoms with E-state index in [1.54, 1.807) is 14.1 Å². The van der Waals surface area contributed by atoms with Crippen LogP contribution >= 0.6 is 0 Å². The van der Waals surface area contributed by atoms with Crippen molar-refractivity contribution in [1.82, 2.24) is 9.80 Å². The van der Waals surface area contributed by atoms with Gasteiger partial charge in [0.25, 0.3) is 5.91 Å². The minimum atomic E-state index is -2.66. The Morgan fingerprint density at radius 3 is 2.54 bits per heavy atom. The second-order valence-electron chi connectivity index (χ2n) is 12.0. The molecule has 1 saturated heterocycles. The van der Waals surface area contributed by atoms with E-state index in [1.165, 1.54) is 4.90 Å². The number of phenols is 1. The lowest BCUT2D eigenvalue weighted by Gasteiger charge is -2.50. The van der Waals surface area contributed by atoms with Gasteiger partial charge in [-0.25, -0.2) is 0 Å². The van der Waals surface area contributed by atoms with Crippen LogP contribution in [0, 0.1) is 11.8 Å². The summed E-state index contributed by atoms with van der Waals surface area (Å²) in [4.78, 5) is 42.9. The van der Waals surface area contributed by atoms with Crippen molar-refractivity contribution in [3.05, 3.63) is 57.9 Å². The number of Topliss-reactive ketones (excluding diaryl/α,β-unsaturated/α-hetero) is 2. The van der Waals surface area contributed by atoms with Crippen LogP contribution in [0.1, 0.15) is 29.5 Å². The van der Waals surface area contributed by atoms with Crippen molar-refractivity contribution in [2.24, 2.45) is 17.6 Å². The fraction of sp³-hybridized carbons (Fsp3) is 0.433. The van der Waals surface area contributed by atoms with E-state index in [0.717, 1.165) is 17.5 Å². The molecule has 216 valence electrons. The van der Waals surface area contributed by atoms with Gasteiger partial charge in [0.1, 0.15) is 22.8 Å². The second kappa shape index (κ2) is 9.38. The Balaban J connectivity index is 1.47. The first kappa shape index (κ1) is 27.4. The molecule has 2 aromatic rings. The molecule has 1 heterocycles. The van der Waals surface area contributed by atoms with Crippen LogP contribution in [0.25, 0.3) is 16.5 Å². The summed E-state index contributed by atoms with van der Waals surface area (Å²) >= 11 is 0. The number of primary amides is 1. The van der Waals surface area contributed by atoms with Gasteiger partial charge in [-0.05, 0) is 61.9 Å². The lowest BCUT2D eigenvalue weighted by atomic mass is 9.57. The molecule has 0 spiro atoms. The number of hydrogen-bond donors (Lipinski definition) is 6. The first-order valence-corrected chi connectivity index (χ1v) is 13.7. The zero-order valence-corrected chi connectivity index (χ0v) is 22.8. The number of likely N-dealkylation sites (tertiary alicyclic amines) is 1. The molecule has 2 aromatic carbocycles. The van der Waals surface area contributed by atoms with Crippen molar-refractivity contribution >= 4 is 34.0 Å². The molecule has 6 rings (SSSR count). The number of rotatable bonds is 4. The summed E-state index contributed by atoms with van der Waals surface area (Å²) in [5.41, 5.74) is 3.29. The van der Waals surface area contributed by atoms with Gasteiger partial charge in [0.2, 0.25) is 5.78 Å². The highest BCUT2D eigenvalue weighted by Crippen LogP contribution is 2.53. The SMILES string of the molecule is CN(C)[C@@H]1C(=O)C(C(N)=O)=C(O)[C@@]2(O)C(=O)C3=C(O)c4c(cc5ccc(CN6CC[C@H](O)C6)cc5c4O)C[C@H]3C[C@@H]12. The molecule has 0 radical (unpaired) electrons. The van der Waals surface area contributed by atoms with Gasteiger partial charge >= 0.3 is 0 Å². The summed E-state index contributed by atoms with van der Waals surface area (Å²) in [6, 6.07) is 6.38. The molecule has 1 aliphatic heterocycles. The van der Waals surface area contributed by atoms with Gasteiger partial charge in [-0.3, -0.25) is 24.2 Å². The number of phenolic OH excluding ortho intramolecular Hbond substituents is 1. The van der Waals surface area contributed by atoms with Crippen LogP contribution in [-0.2, 0) is 27.3 Å². The van der Waals surface area contributed by atoms with Crippen LogP contribution < -0.4 is 5.73 Å². The van der Waals surface area contributed by atoms with E-state index in [4.69, 9.17) is 5.73 Å². The first-order chi connectivity index (χ1) is 19.3. The van der Waals surface area contributed by atoms with Crippen molar-refractivity contribution in [3.63, 3.8) is 0 Å². The largest absolute Gasteiger partial charge is 0.508 e. The van der Waals surface area contributed by atoms with Gasteiger partial charge in [-0.1, -0.05) is 18.2 Å². The van der Waals surface area contributed by atoms with Gasteiger partial charge in [0.05, 0.1) is 17.7 Å². The van der Waals surface area contributed by atoms with Gasteiger partial charge in [0, 0.05) is 36.5 Å². The van der Waals surface area contributed by atoms with E-state index in [1.807, 2.05) is 24.3 Å². The lowest BCUT2D eigenvalue weighted by molar-refractivity contribution is -0.153. The van der Waals surface area contributed by atoms with Crippen LogP contribution in [0.3, 0.4) is 0 Å². The fourth-order valence-corrected chi connectivity index (χ4v) is 7.37. The molecule has 7 N–H and O–H groups in total. The number of aliphatic hydroxyl groups excluding tert-OH is 3. The standard InChI is InChI=1S/C30H33N3O8/c1-32(2)23-19-10-16-9-15-8-14-4-3-13(11-33-6-5-17(34)12-33)7-18(14)24(35)20(15)25(36)21(16)27(38)30(19,41)28(39)22(26(23)37)29(31)40/h3-4,7-8,16-17,19,23,34-36,39,41H,5-6,9-12H2,1-2H3,(H2,31,40)/t16-,17-,19-,23-,30-/m0/s1. The molecule has 0 aromatic heterocycles. The van der Waals surface area contributed by atoms with Gasteiger partial charge in [0.15, 0.2) is 11.4 Å². The molecule has 0 bridgehead atoms. The number of aromatic hydroxyl groups is 1. The molecule has 3 aliphatic carbocycles. The van der Waals surface area contributed by atoms with Crippen molar-refractivity contribution in [2.75, 3.05) is 27.2 Å². The summed E-state index contributed by atoms with van der Waals surface area (Å²) in [6.07, 6.45) is 0.626. The normalized spacial score (nSPS) is 30.2. The number of nitrogens with two attached hydrogens (primary N) is 1. The van der Waals surface area contributed by atoms with E-state index in [0.29, 0.717) is 30.5 Å². The minimum Gasteiger partial charge on any atom is -0.508 e. The van der Waals surface area contributed by atoms with Crippen LogP contribution in [0.2, 0.25) is 0 Å². The van der Waals surface area contributed by atoms with Crippen molar-refractivity contribution in [2.45, 2.75) is 43.6 Å². The highest BCUT2D eigenvalue weighted by molar-refractivity contribution is 6.24. The zero-order valence-electron chi connectivity index (χ0n) is 22.8. The van der Waals surface area contributed by atoms with Gasteiger partial charge < -0.3 is 31.3 Å². The third-order valence-corrected chi connectivity index (χ3v) is 9.24. The number of hydrogen-bond acceptors (Lipinski definition) is 10. The Morgan fingerprint density at radius 1 is 1.17 bits per heavy atom.